The van der Waals surface area contributed by atoms with E-state index >= 15 is 0 Å². The normalized spacial score (nSPS) is 14.9. The first-order valence-corrected chi connectivity index (χ1v) is 9.39. The predicted molar refractivity (Wildman–Crippen MR) is 111 cm³/mol. The van der Waals surface area contributed by atoms with Gasteiger partial charge in [-0.05, 0) is 42.2 Å². The molecule has 0 bridgehead atoms. The van der Waals surface area contributed by atoms with Crippen molar-refractivity contribution in [1.82, 2.24) is 9.97 Å². The fourth-order valence-corrected chi connectivity index (χ4v) is 3.76. The summed E-state index contributed by atoms with van der Waals surface area (Å²) in [6.45, 7) is 0. The third-order valence-electron chi connectivity index (χ3n) is 5.22. The molecule has 3 aromatic rings. The maximum atomic E-state index is 11.2. The molecule has 5 N–H and O–H groups in total. The van der Waals surface area contributed by atoms with Crippen molar-refractivity contribution in [2.45, 2.75) is 38.1 Å². The van der Waals surface area contributed by atoms with Crippen LogP contribution in [0.4, 0.5) is 23.1 Å². The molecule has 1 aliphatic carbocycles. The number of fused-ring (bicyclic) bond motifs is 1. The summed E-state index contributed by atoms with van der Waals surface area (Å²) in [5.74, 6) is 0.933. The largest absolute Gasteiger partial charge is 0.393 e. The smallest absolute Gasteiger partial charge is 0.292 e. The van der Waals surface area contributed by atoms with Crippen LogP contribution in [0, 0.1) is 10.1 Å². The molecule has 1 heterocycles. The van der Waals surface area contributed by atoms with Crippen molar-refractivity contribution >= 4 is 34.0 Å². The summed E-state index contributed by atoms with van der Waals surface area (Å²) in [4.78, 5) is 19.5. The van der Waals surface area contributed by atoms with Crippen molar-refractivity contribution in [1.29, 1.82) is 0 Å². The fourth-order valence-electron chi connectivity index (χ4n) is 3.76. The maximum Gasteiger partial charge on any atom is 0.292 e. The lowest BCUT2D eigenvalue weighted by atomic mass is 9.95. The molecule has 1 aromatic heterocycles. The first kappa shape index (κ1) is 18.0. The molecule has 8 nitrogen and oxygen atoms in total. The summed E-state index contributed by atoms with van der Waals surface area (Å²) in [5.41, 5.74) is 13.9. The standard InChI is InChI=1S/C20H22N6O2/c21-16-8-6-13(11-18(16)26(27)28)12-7-9-17-15(10-12)19(25-20(22)24-17)23-14-4-2-1-3-5-14/h6-11,14H,1-5,21H2,(H3,22,23,24,25). The van der Waals surface area contributed by atoms with Crippen LogP contribution in [0.2, 0.25) is 0 Å². The Morgan fingerprint density at radius 1 is 1.00 bits per heavy atom. The Hall–Kier alpha value is -3.42. The lowest BCUT2D eigenvalue weighted by Crippen LogP contribution is -2.23. The van der Waals surface area contributed by atoms with Crippen LogP contribution in [0.1, 0.15) is 32.1 Å². The summed E-state index contributed by atoms with van der Waals surface area (Å²) in [7, 11) is 0. The van der Waals surface area contributed by atoms with Crippen molar-refractivity contribution in [3.05, 3.63) is 46.5 Å². The van der Waals surface area contributed by atoms with Gasteiger partial charge in [0.15, 0.2) is 0 Å². The van der Waals surface area contributed by atoms with Gasteiger partial charge in [-0.15, -0.1) is 0 Å². The van der Waals surface area contributed by atoms with Gasteiger partial charge in [0, 0.05) is 17.5 Å². The number of aromatic nitrogens is 2. The molecule has 28 heavy (non-hydrogen) atoms. The van der Waals surface area contributed by atoms with Crippen molar-refractivity contribution < 1.29 is 4.92 Å². The van der Waals surface area contributed by atoms with E-state index < -0.39 is 4.92 Å². The highest BCUT2D eigenvalue weighted by molar-refractivity contribution is 5.93. The van der Waals surface area contributed by atoms with Gasteiger partial charge >= 0.3 is 0 Å². The van der Waals surface area contributed by atoms with E-state index in [2.05, 4.69) is 15.3 Å². The molecule has 8 heteroatoms. The summed E-state index contributed by atoms with van der Waals surface area (Å²) < 4.78 is 0. The summed E-state index contributed by atoms with van der Waals surface area (Å²) >= 11 is 0. The molecule has 0 aliphatic heterocycles. The number of nitrogen functional groups attached to an aromatic ring is 2. The average molecular weight is 378 g/mol. The van der Waals surface area contributed by atoms with Crippen molar-refractivity contribution in [2.24, 2.45) is 0 Å². The van der Waals surface area contributed by atoms with Gasteiger partial charge in [-0.1, -0.05) is 31.4 Å². The number of hydrogen-bond donors (Lipinski definition) is 3. The zero-order valence-corrected chi connectivity index (χ0v) is 15.4. The number of anilines is 3. The maximum absolute atomic E-state index is 11.2. The van der Waals surface area contributed by atoms with E-state index in [9.17, 15) is 10.1 Å². The minimum Gasteiger partial charge on any atom is -0.393 e. The highest BCUT2D eigenvalue weighted by atomic mass is 16.6. The van der Waals surface area contributed by atoms with Crippen LogP contribution >= 0.6 is 0 Å². The first-order chi connectivity index (χ1) is 13.5. The van der Waals surface area contributed by atoms with Gasteiger partial charge in [0.1, 0.15) is 11.5 Å². The van der Waals surface area contributed by atoms with Gasteiger partial charge in [0.2, 0.25) is 5.95 Å². The zero-order valence-electron chi connectivity index (χ0n) is 15.4. The van der Waals surface area contributed by atoms with E-state index in [-0.39, 0.29) is 17.3 Å². The van der Waals surface area contributed by atoms with E-state index in [0.717, 1.165) is 29.3 Å². The monoisotopic (exact) mass is 378 g/mol. The number of nitrogens with zero attached hydrogens (tertiary/aromatic N) is 3. The molecule has 0 saturated heterocycles. The highest BCUT2D eigenvalue weighted by Gasteiger charge is 2.17. The molecule has 0 spiro atoms. The highest BCUT2D eigenvalue weighted by Crippen LogP contribution is 2.33. The second-order valence-electron chi connectivity index (χ2n) is 7.17. The molecule has 0 amide bonds. The van der Waals surface area contributed by atoms with Crippen molar-refractivity contribution in [3.63, 3.8) is 0 Å². The molecular weight excluding hydrogens is 356 g/mol. The molecule has 144 valence electrons. The van der Waals surface area contributed by atoms with Gasteiger partial charge in [-0.25, -0.2) is 4.98 Å². The number of hydrogen-bond acceptors (Lipinski definition) is 7. The second-order valence-corrected chi connectivity index (χ2v) is 7.17. The molecule has 1 aliphatic rings. The minimum atomic E-state index is -0.472. The predicted octanol–water partition coefficient (Wildman–Crippen LogP) is 4.11. The number of benzene rings is 2. The number of rotatable bonds is 4. The van der Waals surface area contributed by atoms with Crippen LogP contribution in [0.5, 0.6) is 0 Å². The van der Waals surface area contributed by atoms with E-state index in [1.807, 2.05) is 18.2 Å². The molecule has 2 aromatic carbocycles. The molecular formula is C20H22N6O2. The van der Waals surface area contributed by atoms with E-state index in [1.165, 1.54) is 25.3 Å². The van der Waals surface area contributed by atoms with Crippen LogP contribution < -0.4 is 16.8 Å². The van der Waals surface area contributed by atoms with Gasteiger partial charge < -0.3 is 16.8 Å². The SMILES string of the molecule is Nc1nc(NC2CCCCC2)c2cc(-c3ccc(N)c([N+](=O)[O-])c3)ccc2n1. The third kappa shape index (κ3) is 3.53. The summed E-state index contributed by atoms with van der Waals surface area (Å²) in [5, 5.41) is 15.6. The Kier molecular flexibility index (Phi) is 4.68. The van der Waals surface area contributed by atoms with Crippen LogP contribution in [0.3, 0.4) is 0 Å². The third-order valence-corrected chi connectivity index (χ3v) is 5.22. The minimum absolute atomic E-state index is 0.105. The number of nitro groups is 1. The van der Waals surface area contributed by atoms with E-state index in [4.69, 9.17) is 11.5 Å². The quantitative estimate of drug-likeness (QED) is 0.353. The Bertz CT molecular complexity index is 1050. The molecule has 0 radical (unpaired) electrons. The Balaban J connectivity index is 1.77. The second kappa shape index (κ2) is 7.30. The van der Waals surface area contributed by atoms with E-state index in [0.29, 0.717) is 17.4 Å². The number of nitrogens with one attached hydrogen (secondary N) is 1. The molecule has 0 unspecified atom stereocenters. The number of nitro benzene ring substituents is 1. The van der Waals surface area contributed by atoms with Gasteiger partial charge in [0.25, 0.3) is 5.69 Å². The van der Waals surface area contributed by atoms with Crippen molar-refractivity contribution in [3.8, 4) is 11.1 Å². The lowest BCUT2D eigenvalue weighted by molar-refractivity contribution is -0.383. The first-order valence-electron chi connectivity index (χ1n) is 9.39. The van der Waals surface area contributed by atoms with E-state index in [1.54, 1.807) is 12.1 Å². The summed E-state index contributed by atoms with van der Waals surface area (Å²) in [6.07, 6.45) is 5.89. The van der Waals surface area contributed by atoms with Gasteiger partial charge in [-0.2, -0.15) is 4.98 Å². The summed E-state index contributed by atoms with van der Waals surface area (Å²) in [6, 6.07) is 10.9. The Morgan fingerprint density at radius 2 is 1.71 bits per heavy atom. The Labute approximate surface area is 162 Å². The average Bonchev–Trinajstić information content (AvgIpc) is 2.68. The molecule has 4 rings (SSSR count). The topological polar surface area (TPSA) is 133 Å². The number of nitrogens with two attached hydrogens (primary N) is 2. The zero-order chi connectivity index (χ0) is 19.7. The van der Waals surface area contributed by atoms with Crippen molar-refractivity contribution in [2.75, 3.05) is 16.8 Å². The molecule has 1 saturated carbocycles. The van der Waals surface area contributed by atoms with Gasteiger partial charge in [0.05, 0.1) is 10.4 Å². The molecule has 1 fully saturated rings. The lowest BCUT2D eigenvalue weighted by Gasteiger charge is -2.24. The van der Waals surface area contributed by atoms with Gasteiger partial charge in [-0.3, -0.25) is 10.1 Å². The van der Waals surface area contributed by atoms with Crippen LogP contribution in [0.15, 0.2) is 36.4 Å². The fraction of sp³-hybridized carbons (Fsp3) is 0.300. The van der Waals surface area contributed by atoms with Crippen LogP contribution in [-0.4, -0.2) is 20.9 Å². The van der Waals surface area contributed by atoms with Crippen LogP contribution in [-0.2, 0) is 0 Å². The Morgan fingerprint density at radius 3 is 2.46 bits per heavy atom. The van der Waals surface area contributed by atoms with Crippen LogP contribution in [0.25, 0.3) is 22.0 Å². The molecule has 0 atom stereocenters.